The lowest BCUT2D eigenvalue weighted by Crippen LogP contribution is -2.40. The third-order valence-electron chi connectivity index (χ3n) is 3.45. The first kappa shape index (κ1) is 19.8. The van der Waals surface area contributed by atoms with Crippen LogP contribution in [0.25, 0.3) is 0 Å². The fraction of sp³-hybridized carbons (Fsp3) is 0.500. The van der Waals surface area contributed by atoms with Crippen LogP contribution in [-0.2, 0) is 10.0 Å². The molecule has 1 rings (SSSR count). The molecule has 120 valence electrons. The number of halogens is 1. The molecule has 1 atom stereocenters. The van der Waals surface area contributed by atoms with Gasteiger partial charge < -0.3 is 5.73 Å². The predicted molar refractivity (Wildman–Crippen MR) is 83.3 cm³/mol. The Kier molecular flexibility index (Phi) is 6.75. The molecule has 21 heavy (non-hydrogen) atoms. The van der Waals surface area contributed by atoms with E-state index in [0.717, 1.165) is 4.31 Å². The molecular formula is C12H20ClN3O4S. The fourth-order valence-electron chi connectivity index (χ4n) is 1.77. The van der Waals surface area contributed by atoms with Gasteiger partial charge in [-0.05, 0) is 31.9 Å². The van der Waals surface area contributed by atoms with Crippen LogP contribution < -0.4 is 5.73 Å². The molecule has 1 aromatic carbocycles. The largest absolute Gasteiger partial charge is 0.329 e. The molecular weight excluding hydrogens is 318 g/mol. The highest BCUT2D eigenvalue weighted by Gasteiger charge is 2.33. The van der Waals surface area contributed by atoms with Gasteiger partial charge in [0.2, 0.25) is 10.0 Å². The van der Waals surface area contributed by atoms with Gasteiger partial charge in [0.05, 0.1) is 4.92 Å². The first-order valence-electron chi connectivity index (χ1n) is 6.07. The molecule has 0 radical (unpaired) electrons. The van der Waals surface area contributed by atoms with E-state index in [1.807, 2.05) is 0 Å². The summed E-state index contributed by atoms with van der Waals surface area (Å²) in [5.74, 6) is 0. The number of hydrogen-bond acceptors (Lipinski definition) is 5. The number of benzene rings is 1. The van der Waals surface area contributed by atoms with E-state index in [4.69, 9.17) is 5.73 Å². The minimum atomic E-state index is -3.97. The van der Waals surface area contributed by atoms with Crippen LogP contribution in [0, 0.1) is 24.0 Å². The van der Waals surface area contributed by atoms with E-state index in [1.165, 1.54) is 13.1 Å². The van der Waals surface area contributed by atoms with E-state index in [2.05, 4.69) is 0 Å². The summed E-state index contributed by atoms with van der Waals surface area (Å²) < 4.78 is 26.3. The summed E-state index contributed by atoms with van der Waals surface area (Å²) in [6.45, 7) is 5.06. The minimum absolute atomic E-state index is 0. The minimum Gasteiger partial charge on any atom is -0.329 e. The van der Waals surface area contributed by atoms with Crippen LogP contribution in [0.2, 0.25) is 0 Å². The van der Waals surface area contributed by atoms with Gasteiger partial charge in [-0.1, -0.05) is 6.07 Å². The molecule has 0 aliphatic heterocycles. The average Bonchev–Trinajstić information content (AvgIpc) is 2.39. The van der Waals surface area contributed by atoms with Gasteiger partial charge in [-0.25, -0.2) is 8.42 Å². The molecule has 7 nitrogen and oxygen atoms in total. The van der Waals surface area contributed by atoms with Crippen LogP contribution in [0.3, 0.4) is 0 Å². The van der Waals surface area contributed by atoms with Crippen molar-refractivity contribution in [3.05, 3.63) is 33.4 Å². The van der Waals surface area contributed by atoms with Crippen LogP contribution >= 0.6 is 12.4 Å². The standard InChI is InChI=1S/C12H19N3O4S.ClH/c1-8-5-6-11(15(16)17)12(10(8)3)20(18,19)14(4)9(2)7-13;/h5-6,9H,7,13H2,1-4H3;1H. The monoisotopic (exact) mass is 337 g/mol. The Balaban J connectivity index is 0.00000400. The summed E-state index contributed by atoms with van der Waals surface area (Å²) in [6, 6.07) is 2.31. The zero-order valence-corrected chi connectivity index (χ0v) is 14.0. The smallest absolute Gasteiger partial charge is 0.289 e. The van der Waals surface area contributed by atoms with Gasteiger partial charge in [-0.2, -0.15) is 4.31 Å². The maximum atomic E-state index is 12.6. The van der Waals surface area contributed by atoms with E-state index in [-0.39, 0.29) is 23.8 Å². The first-order chi connectivity index (χ1) is 9.14. The van der Waals surface area contributed by atoms with Crippen molar-refractivity contribution in [3.8, 4) is 0 Å². The van der Waals surface area contributed by atoms with Crippen molar-refractivity contribution in [1.82, 2.24) is 4.31 Å². The van der Waals surface area contributed by atoms with Gasteiger partial charge in [0, 0.05) is 25.7 Å². The van der Waals surface area contributed by atoms with Crippen molar-refractivity contribution in [3.63, 3.8) is 0 Å². The molecule has 0 aromatic heterocycles. The van der Waals surface area contributed by atoms with Crippen LogP contribution in [0.4, 0.5) is 5.69 Å². The summed E-state index contributed by atoms with van der Waals surface area (Å²) >= 11 is 0. The maximum Gasteiger partial charge on any atom is 0.289 e. The lowest BCUT2D eigenvalue weighted by molar-refractivity contribution is -0.388. The molecule has 0 aliphatic carbocycles. The predicted octanol–water partition coefficient (Wildman–Crippen LogP) is 1.60. The molecule has 0 fully saturated rings. The molecule has 0 saturated carbocycles. The second-order valence-electron chi connectivity index (χ2n) is 4.72. The number of rotatable bonds is 5. The van der Waals surface area contributed by atoms with Crippen molar-refractivity contribution < 1.29 is 13.3 Å². The highest BCUT2D eigenvalue weighted by atomic mass is 35.5. The van der Waals surface area contributed by atoms with Gasteiger partial charge in [0.15, 0.2) is 4.90 Å². The normalized spacial score (nSPS) is 12.9. The summed E-state index contributed by atoms with van der Waals surface area (Å²) in [5, 5.41) is 11.1. The average molecular weight is 338 g/mol. The Bertz CT molecular complexity index is 634. The van der Waals surface area contributed by atoms with Crippen molar-refractivity contribution in [2.45, 2.75) is 31.7 Å². The Labute approximate surface area is 130 Å². The topological polar surface area (TPSA) is 107 Å². The maximum absolute atomic E-state index is 12.6. The van der Waals surface area contributed by atoms with Gasteiger partial charge >= 0.3 is 0 Å². The zero-order valence-electron chi connectivity index (χ0n) is 12.4. The SMILES string of the molecule is Cc1ccc([N+](=O)[O-])c(S(=O)(=O)N(C)C(C)CN)c1C.Cl. The van der Waals surface area contributed by atoms with Crippen LogP contribution in [0.15, 0.2) is 17.0 Å². The number of nitro groups is 1. The third-order valence-corrected chi connectivity index (χ3v) is 5.60. The second-order valence-corrected chi connectivity index (χ2v) is 6.65. The van der Waals surface area contributed by atoms with Crippen molar-refractivity contribution in [2.24, 2.45) is 5.73 Å². The molecule has 1 unspecified atom stereocenters. The summed E-state index contributed by atoms with van der Waals surface area (Å²) in [7, 11) is -2.59. The molecule has 0 spiro atoms. The molecule has 1 aromatic rings. The number of hydrogen-bond donors (Lipinski definition) is 1. The van der Waals surface area contributed by atoms with E-state index < -0.39 is 26.7 Å². The zero-order chi connectivity index (χ0) is 15.7. The Morgan fingerprint density at radius 3 is 2.33 bits per heavy atom. The number of sulfonamides is 1. The number of likely N-dealkylation sites (N-methyl/N-ethyl adjacent to an activating group) is 1. The highest BCUT2D eigenvalue weighted by Crippen LogP contribution is 2.31. The Hall–Kier alpha value is -1.22. The van der Waals surface area contributed by atoms with Gasteiger partial charge in [-0.3, -0.25) is 10.1 Å². The molecule has 0 heterocycles. The lowest BCUT2D eigenvalue weighted by Gasteiger charge is -2.24. The fourth-order valence-corrected chi connectivity index (χ4v) is 3.58. The number of aryl methyl sites for hydroxylation is 1. The van der Waals surface area contributed by atoms with E-state index in [0.29, 0.717) is 11.1 Å². The molecule has 0 bridgehead atoms. The molecule has 0 aliphatic rings. The van der Waals surface area contributed by atoms with Gasteiger partial charge in [0.1, 0.15) is 0 Å². The summed E-state index contributed by atoms with van der Waals surface area (Å²) in [6.07, 6.45) is 0. The number of nitro benzene ring substituents is 1. The van der Waals surface area contributed by atoms with Crippen molar-refractivity contribution >= 4 is 28.1 Å². The number of nitrogens with two attached hydrogens (primary N) is 1. The van der Waals surface area contributed by atoms with Gasteiger partial charge in [-0.15, -0.1) is 12.4 Å². The highest BCUT2D eigenvalue weighted by molar-refractivity contribution is 7.89. The van der Waals surface area contributed by atoms with E-state index >= 15 is 0 Å². The van der Waals surface area contributed by atoms with Crippen LogP contribution in [-0.4, -0.2) is 37.3 Å². The molecule has 0 amide bonds. The molecule has 0 saturated heterocycles. The first-order valence-corrected chi connectivity index (χ1v) is 7.51. The summed E-state index contributed by atoms with van der Waals surface area (Å²) in [4.78, 5) is 10.2. The van der Waals surface area contributed by atoms with Crippen molar-refractivity contribution in [1.29, 1.82) is 0 Å². The van der Waals surface area contributed by atoms with Gasteiger partial charge in [0.25, 0.3) is 5.69 Å². The molecule has 2 N–H and O–H groups in total. The van der Waals surface area contributed by atoms with E-state index in [9.17, 15) is 18.5 Å². The van der Waals surface area contributed by atoms with Crippen molar-refractivity contribution in [2.75, 3.05) is 13.6 Å². The summed E-state index contributed by atoms with van der Waals surface area (Å²) in [5.41, 5.74) is 6.13. The number of nitrogens with zero attached hydrogens (tertiary/aromatic N) is 2. The van der Waals surface area contributed by atoms with Crippen LogP contribution in [0.1, 0.15) is 18.1 Å². The quantitative estimate of drug-likeness (QED) is 0.648. The second kappa shape index (κ2) is 7.17. The lowest BCUT2D eigenvalue weighted by atomic mass is 10.1. The van der Waals surface area contributed by atoms with E-state index in [1.54, 1.807) is 26.8 Å². The Morgan fingerprint density at radius 2 is 1.90 bits per heavy atom. The van der Waals surface area contributed by atoms with Crippen LogP contribution in [0.5, 0.6) is 0 Å². The molecule has 9 heteroatoms. The Morgan fingerprint density at radius 1 is 1.38 bits per heavy atom. The third kappa shape index (κ3) is 3.70.